The molecule has 2 atom stereocenters. The fourth-order valence-electron chi connectivity index (χ4n) is 3.58. The highest BCUT2D eigenvalue weighted by Gasteiger charge is 2.34. The number of benzene rings is 1. The zero-order valence-corrected chi connectivity index (χ0v) is 15.2. The number of rotatable bonds is 4. The van der Waals surface area contributed by atoms with Crippen LogP contribution in [0.2, 0.25) is 0 Å². The highest BCUT2D eigenvalue weighted by molar-refractivity contribution is 5.90. The van der Waals surface area contributed by atoms with E-state index in [1.54, 1.807) is 9.80 Å². The van der Waals surface area contributed by atoms with Gasteiger partial charge in [-0.3, -0.25) is 9.59 Å². The van der Waals surface area contributed by atoms with Crippen molar-refractivity contribution in [1.82, 2.24) is 9.80 Å². The number of piperidine rings is 1. The lowest BCUT2D eigenvalue weighted by Crippen LogP contribution is -2.52. The van der Waals surface area contributed by atoms with Crippen LogP contribution in [-0.2, 0) is 14.3 Å². The fourth-order valence-corrected chi connectivity index (χ4v) is 3.58. The molecule has 2 aliphatic heterocycles. The Balaban J connectivity index is 1.56. The number of para-hydroxylation sites is 1. The highest BCUT2D eigenvalue weighted by atomic mass is 16.5. The minimum atomic E-state index is -0.935. The van der Waals surface area contributed by atoms with Crippen LogP contribution in [0.4, 0.5) is 10.5 Å². The van der Waals surface area contributed by atoms with Crippen molar-refractivity contribution in [3.63, 3.8) is 0 Å². The number of urea groups is 1. The van der Waals surface area contributed by atoms with Crippen LogP contribution in [-0.4, -0.2) is 71.7 Å². The zero-order chi connectivity index (χ0) is 19.2. The Bertz CT molecular complexity index is 681. The van der Waals surface area contributed by atoms with E-state index in [9.17, 15) is 14.4 Å². The number of hydrogen-bond acceptors (Lipinski definition) is 4. The SMILES string of the molecule is O=C(O)CC1CN(C(=O)C2CCCN(C(=O)Nc3ccccc3)C2)CCO1. The number of carboxylic acid groups (broad SMARTS) is 1. The molecule has 3 amide bonds. The predicted octanol–water partition coefficient (Wildman–Crippen LogP) is 1.63. The third kappa shape index (κ3) is 5.19. The Labute approximate surface area is 158 Å². The van der Waals surface area contributed by atoms with Crippen LogP contribution in [0.5, 0.6) is 0 Å². The number of aliphatic carboxylic acids is 1. The maximum absolute atomic E-state index is 12.9. The van der Waals surface area contributed by atoms with E-state index in [0.717, 1.165) is 18.5 Å². The zero-order valence-electron chi connectivity index (χ0n) is 15.2. The maximum Gasteiger partial charge on any atom is 0.321 e. The number of hydrogen-bond donors (Lipinski definition) is 2. The average Bonchev–Trinajstić information content (AvgIpc) is 2.68. The summed E-state index contributed by atoms with van der Waals surface area (Å²) in [7, 11) is 0. The second kappa shape index (κ2) is 8.85. The van der Waals surface area contributed by atoms with Gasteiger partial charge in [-0.25, -0.2) is 4.79 Å². The van der Waals surface area contributed by atoms with Crippen LogP contribution in [0.1, 0.15) is 19.3 Å². The molecule has 0 spiro atoms. The van der Waals surface area contributed by atoms with Crippen LogP contribution in [0.3, 0.4) is 0 Å². The molecule has 8 nitrogen and oxygen atoms in total. The molecule has 2 saturated heterocycles. The summed E-state index contributed by atoms with van der Waals surface area (Å²) in [5, 5.41) is 11.8. The summed E-state index contributed by atoms with van der Waals surface area (Å²) in [6.45, 7) is 2.08. The van der Waals surface area contributed by atoms with Crippen molar-refractivity contribution in [2.75, 3.05) is 38.1 Å². The summed E-state index contributed by atoms with van der Waals surface area (Å²) in [5.41, 5.74) is 0.723. The molecule has 1 aromatic rings. The monoisotopic (exact) mass is 375 g/mol. The molecule has 8 heteroatoms. The molecule has 0 aliphatic carbocycles. The van der Waals surface area contributed by atoms with Crippen molar-refractivity contribution >= 4 is 23.6 Å². The van der Waals surface area contributed by atoms with Crippen molar-refractivity contribution in [1.29, 1.82) is 0 Å². The lowest BCUT2D eigenvalue weighted by Gasteiger charge is -2.38. The second-order valence-electron chi connectivity index (χ2n) is 6.96. The highest BCUT2D eigenvalue weighted by Crippen LogP contribution is 2.21. The predicted molar refractivity (Wildman–Crippen MR) is 98.3 cm³/mol. The Morgan fingerprint density at radius 2 is 1.89 bits per heavy atom. The Hall–Kier alpha value is -2.61. The number of carboxylic acids is 1. The first-order valence-corrected chi connectivity index (χ1v) is 9.26. The van der Waals surface area contributed by atoms with Gasteiger partial charge < -0.3 is 25.0 Å². The quantitative estimate of drug-likeness (QED) is 0.833. The van der Waals surface area contributed by atoms with E-state index in [0.29, 0.717) is 26.2 Å². The summed E-state index contributed by atoms with van der Waals surface area (Å²) in [4.78, 5) is 39.6. The summed E-state index contributed by atoms with van der Waals surface area (Å²) in [6, 6.07) is 9.02. The van der Waals surface area contributed by atoms with Crippen LogP contribution < -0.4 is 5.32 Å². The van der Waals surface area contributed by atoms with Crippen LogP contribution in [0.15, 0.2) is 30.3 Å². The van der Waals surface area contributed by atoms with E-state index in [1.165, 1.54) is 0 Å². The van der Waals surface area contributed by atoms with E-state index in [2.05, 4.69) is 5.32 Å². The molecule has 1 aromatic carbocycles. The first-order chi connectivity index (χ1) is 13.0. The number of ether oxygens (including phenoxy) is 1. The van der Waals surface area contributed by atoms with Gasteiger partial charge in [0.2, 0.25) is 5.91 Å². The number of morpholine rings is 1. The standard InChI is InChI=1S/C19H25N3O5/c23-17(24)11-16-13-21(9-10-27-16)18(25)14-5-4-8-22(12-14)19(26)20-15-6-2-1-3-7-15/h1-3,6-7,14,16H,4-5,8-13H2,(H,20,26)(H,23,24). The first-order valence-electron chi connectivity index (χ1n) is 9.26. The molecule has 0 bridgehead atoms. The minimum absolute atomic E-state index is 0.0223. The summed E-state index contributed by atoms with van der Waals surface area (Å²) >= 11 is 0. The van der Waals surface area contributed by atoms with Crippen molar-refractivity contribution < 1.29 is 24.2 Å². The molecule has 27 heavy (non-hydrogen) atoms. The number of likely N-dealkylation sites (tertiary alicyclic amines) is 1. The van der Waals surface area contributed by atoms with Crippen molar-refractivity contribution in [3.8, 4) is 0 Å². The third-order valence-corrected chi connectivity index (χ3v) is 4.94. The van der Waals surface area contributed by atoms with Gasteiger partial charge in [-0.15, -0.1) is 0 Å². The van der Waals surface area contributed by atoms with Gasteiger partial charge in [0.25, 0.3) is 0 Å². The summed E-state index contributed by atoms with van der Waals surface area (Å²) < 4.78 is 5.43. The lowest BCUT2D eigenvalue weighted by molar-refractivity contribution is -0.150. The van der Waals surface area contributed by atoms with Gasteiger partial charge in [0, 0.05) is 31.9 Å². The lowest BCUT2D eigenvalue weighted by atomic mass is 9.96. The van der Waals surface area contributed by atoms with Gasteiger partial charge >= 0.3 is 12.0 Å². The number of nitrogens with one attached hydrogen (secondary N) is 1. The largest absolute Gasteiger partial charge is 0.481 e. The number of anilines is 1. The molecule has 2 heterocycles. The normalized spacial score (nSPS) is 23.0. The second-order valence-corrected chi connectivity index (χ2v) is 6.96. The number of nitrogens with zero attached hydrogens (tertiary/aromatic N) is 2. The molecule has 2 N–H and O–H groups in total. The van der Waals surface area contributed by atoms with Crippen LogP contribution in [0, 0.1) is 5.92 Å². The van der Waals surface area contributed by atoms with Gasteiger partial charge in [-0.1, -0.05) is 18.2 Å². The van der Waals surface area contributed by atoms with E-state index in [1.807, 2.05) is 30.3 Å². The molecule has 2 fully saturated rings. The molecule has 3 rings (SSSR count). The van der Waals surface area contributed by atoms with Crippen molar-refractivity contribution in [3.05, 3.63) is 30.3 Å². The van der Waals surface area contributed by atoms with Gasteiger partial charge in [-0.05, 0) is 25.0 Å². The van der Waals surface area contributed by atoms with E-state index in [-0.39, 0.29) is 30.8 Å². The molecule has 2 aliphatic rings. The fraction of sp³-hybridized carbons (Fsp3) is 0.526. The van der Waals surface area contributed by atoms with Crippen molar-refractivity contribution in [2.24, 2.45) is 5.92 Å². The molecular weight excluding hydrogens is 350 g/mol. The molecule has 0 radical (unpaired) electrons. The van der Waals surface area contributed by atoms with Gasteiger partial charge in [0.1, 0.15) is 0 Å². The Morgan fingerprint density at radius 3 is 2.63 bits per heavy atom. The third-order valence-electron chi connectivity index (χ3n) is 4.94. The molecular formula is C19H25N3O5. The smallest absolute Gasteiger partial charge is 0.321 e. The van der Waals surface area contributed by atoms with E-state index in [4.69, 9.17) is 9.84 Å². The van der Waals surface area contributed by atoms with E-state index >= 15 is 0 Å². The summed E-state index contributed by atoms with van der Waals surface area (Å²) in [5.74, 6) is -1.22. The molecule has 0 aromatic heterocycles. The number of carbonyl (C=O) groups is 3. The molecule has 0 saturated carbocycles. The molecule has 146 valence electrons. The molecule has 2 unspecified atom stereocenters. The van der Waals surface area contributed by atoms with Gasteiger partial charge in [-0.2, -0.15) is 0 Å². The Morgan fingerprint density at radius 1 is 1.11 bits per heavy atom. The van der Waals surface area contributed by atoms with E-state index < -0.39 is 12.1 Å². The van der Waals surface area contributed by atoms with Crippen LogP contribution >= 0.6 is 0 Å². The summed E-state index contributed by atoms with van der Waals surface area (Å²) in [6.07, 6.45) is 0.914. The van der Waals surface area contributed by atoms with Gasteiger partial charge in [0.05, 0.1) is 25.0 Å². The number of amides is 3. The van der Waals surface area contributed by atoms with Crippen LogP contribution in [0.25, 0.3) is 0 Å². The number of carbonyl (C=O) groups excluding carboxylic acids is 2. The topological polar surface area (TPSA) is 99.2 Å². The van der Waals surface area contributed by atoms with Gasteiger partial charge in [0.15, 0.2) is 0 Å². The van der Waals surface area contributed by atoms with Crippen molar-refractivity contribution in [2.45, 2.75) is 25.4 Å². The first kappa shape index (κ1) is 19.2. The minimum Gasteiger partial charge on any atom is -0.481 e. The Kier molecular flexibility index (Phi) is 6.28. The maximum atomic E-state index is 12.9. The average molecular weight is 375 g/mol.